The summed E-state index contributed by atoms with van der Waals surface area (Å²) < 4.78 is 0. The first kappa shape index (κ1) is 14.9. The SMILES string of the molecule is CCNC(=O)c1ccc([N+](=O)[O-])c(NCc2nccs2)c1. The summed E-state index contributed by atoms with van der Waals surface area (Å²) in [6, 6.07) is 4.25. The number of hydrogen-bond acceptors (Lipinski definition) is 6. The number of nitro benzene ring substituents is 1. The number of nitro groups is 1. The Labute approximate surface area is 125 Å². The molecule has 0 fully saturated rings. The van der Waals surface area contributed by atoms with Gasteiger partial charge in [0.05, 0.1) is 11.5 Å². The van der Waals surface area contributed by atoms with Crippen LogP contribution in [0.15, 0.2) is 29.8 Å². The fraction of sp³-hybridized carbons (Fsp3) is 0.231. The highest BCUT2D eigenvalue weighted by Crippen LogP contribution is 2.26. The van der Waals surface area contributed by atoms with Crippen LogP contribution in [0.4, 0.5) is 11.4 Å². The number of thiazole rings is 1. The number of nitrogens with one attached hydrogen (secondary N) is 2. The molecule has 2 rings (SSSR count). The van der Waals surface area contributed by atoms with Gasteiger partial charge in [0.2, 0.25) is 0 Å². The molecular formula is C13H14N4O3S. The molecule has 1 aromatic carbocycles. The first-order chi connectivity index (χ1) is 10.1. The molecule has 110 valence electrons. The van der Waals surface area contributed by atoms with Crippen LogP contribution in [0.25, 0.3) is 0 Å². The largest absolute Gasteiger partial charge is 0.373 e. The molecule has 2 aromatic rings. The van der Waals surface area contributed by atoms with Gasteiger partial charge < -0.3 is 10.6 Å². The molecule has 0 atom stereocenters. The number of hydrogen-bond donors (Lipinski definition) is 2. The van der Waals surface area contributed by atoms with Crippen molar-refractivity contribution in [2.24, 2.45) is 0 Å². The molecule has 1 heterocycles. The Morgan fingerprint density at radius 3 is 2.90 bits per heavy atom. The number of benzene rings is 1. The number of amides is 1. The second kappa shape index (κ2) is 6.80. The monoisotopic (exact) mass is 306 g/mol. The van der Waals surface area contributed by atoms with Crippen LogP contribution in [0.5, 0.6) is 0 Å². The lowest BCUT2D eigenvalue weighted by molar-refractivity contribution is -0.384. The van der Waals surface area contributed by atoms with Gasteiger partial charge in [-0.1, -0.05) is 0 Å². The Hall–Kier alpha value is -2.48. The lowest BCUT2D eigenvalue weighted by Gasteiger charge is -2.08. The van der Waals surface area contributed by atoms with E-state index in [0.717, 1.165) is 5.01 Å². The Balaban J connectivity index is 2.24. The average molecular weight is 306 g/mol. The summed E-state index contributed by atoms with van der Waals surface area (Å²) in [4.78, 5) is 26.5. The third-order valence-electron chi connectivity index (χ3n) is 2.71. The standard InChI is InChI=1S/C13H14N4O3S/c1-2-14-13(18)9-3-4-11(17(19)20)10(7-9)16-8-12-15-5-6-21-12/h3-7,16H,2,8H2,1H3,(H,14,18). The van der Waals surface area contributed by atoms with E-state index < -0.39 is 4.92 Å². The summed E-state index contributed by atoms with van der Waals surface area (Å²) in [5.41, 5.74) is 0.614. The number of nitrogens with zero attached hydrogens (tertiary/aromatic N) is 2. The molecule has 0 aliphatic carbocycles. The van der Waals surface area contributed by atoms with E-state index in [1.165, 1.54) is 29.5 Å². The van der Waals surface area contributed by atoms with Crippen molar-refractivity contribution in [2.75, 3.05) is 11.9 Å². The predicted molar refractivity (Wildman–Crippen MR) is 80.5 cm³/mol. The van der Waals surface area contributed by atoms with E-state index in [-0.39, 0.29) is 11.6 Å². The molecule has 0 aliphatic rings. The lowest BCUT2D eigenvalue weighted by Crippen LogP contribution is -2.22. The molecule has 0 saturated carbocycles. The van der Waals surface area contributed by atoms with Crippen molar-refractivity contribution in [2.45, 2.75) is 13.5 Å². The number of carbonyl (C=O) groups is 1. The van der Waals surface area contributed by atoms with Gasteiger partial charge in [-0.2, -0.15) is 0 Å². The highest BCUT2D eigenvalue weighted by molar-refractivity contribution is 7.09. The van der Waals surface area contributed by atoms with Crippen molar-refractivity contribution in [3.63, 3.8) is 0 Å². The summed E-state index contributed by atoms with van der Waals surface area (Å²) >= 11 is 1.45. The minimum atomic E-state index is -0.480. The maximum absolute atomic E-state index is 11.8. The van der Waals surface area contributed by atoms with Crippen molar-refractivity contribution >= 4 is 28.6 Å². The van der Waals surface area contributed by atoms with E-state index in [2.05, 4.69) is 15.6 Å². The smallest absolute Gasteiger partial charge is 0.292 e. The summed E-state index contributed by atoms with van der Waals surface area (Å²) in [7, 11) is 0. The van der Waals surface area contributed by atoms with Gasteiger partial charge in [0, 0.05) is 29.8 Å². The molecule has 8 heteroatoms. The number of carbonyl (C=O) groups excluding carboxylic acids is 1. The molecule has 0 aliphatic heterocycles. The second-order valence-electron chi connectivity index (χ2n) is 4.13. The Morgan fingerprint density at radius 2 is 2.29 bits per heavy atom. The van der Waals surface area contributed by atoms with E-state index >= 15 is 0 Å². The summed E-state index contributed by atoms with van der Waals surface area (Å²) in [5, 5.41) is 19.3. The van der Waals surface area contributed by atoms with Crippen LogP contribution >= 0.6 is 11.3 Å². The third-order valence-corrected chi connectivity index (χ3v) is 3.49. The van der Waals surface area contributed by atoms with Gasteiger partial charge in [-0.15, -0.1) is 11.3 Å². The molecule has 0 saturated heterocycles. The molecular weight excluding hydrogens is 292 g/mol. The maximum Gasteiger partial charge on any atom is 0.292 e. The quantitative estimate of drug-likeness (QED) is 0.631. The number of aromatic nitrogens is 1. The van der Waals surface area contributed by atoms with Crippen LogP contribution < -0.4 is 10.6 Å². The summed E-state index contributed by atoms with van der Waals surface area (Å²) in [5.74, 6) is -0.260. The highest BCUT2D eigenvalue weighted by atomic mass is 32.1. The molecule has 1 amide bonds. The summed E-state index contributed by atoms with van der Waals surface area (Å²) in [6.45, 7) is 2.68. The van der Waals surface area contributed by atoms with Gasteiger partial charge in [-0.3, -0.25) is 14.9 Å². The minimum Gasteiger partial charge on any atom is -0.373 e. The van der Waals surface area contributed by atoms with Crippen LogP contribution in [-0.4, -0.2) is 22.4 Å². The lowest BCUT2D eigenvalue weighted by atomic mass is 10.1. The fourth-order valence-corrected chi connectivity index (χ4v) is 2.31. The first-order valence-electron chi connectivity index (χ1n) is 6.30. The Bertz CT molecular complexity index is 643. The third kappa shape index (κ3) is 3.76. The summed E-state index contributed by atoms with van der Waals surface area (Å²) in [6.07, 6.45) is 1.67. The van der Waals surface area contributed by atoms with Crippen LogP contribution in [0.2, 0.25) is 0 Å². The topological polar surface area (TPSA) is 97.2 Å². The molecule has 7 nitrogen and oxygen atoms in total. The van der Waals surface area contributed by atoms with E-state index in [1.807, 2.05) is 12.3 Å². The molecule has 0 unspecified atom stereocenters. The Kier molecular flexibility index (Phi) is 4.83. The van der Waals surface area contributed by atoms with Gasteiger partial charge >= 0.3 is 0 Å². The van der Waals surface area contributed by atoms with E-state index in [4.69, 9.17) is 0 Å². The molecule has 21 heavy (non-hydrogen) atoms. The van der Waals surface area contributed by atoms with Crippen molar-refractivity contribution in [1.82, 2.24) is 10.3 Å². The average Bonchev–Trinajstić information content (AvgIpc) is 2.98. The van der Waals surface area contributed by atoms with Gasteiger partial charge in [0.15, 0.2) is 0 Å². The normalized spacial score (nSPS) is 10.1. The zero-order valence-corrected chi connectivity index (χ0v) is 12.1. The fourth-order valence-electron chi connectivity index (χ4n) is 1.75. The molecule has 0 bridgehead atoms. The number of anilines is 1. The minimum absolute atomic E-state index is 0.0698. The van der Waals surface area contributed by atoms with E-state index in [0.29, 0.717) is 24.3 Å². The van der Waals surface area contributed by atoms with E-state index in [9.17, 15) is 14.9 Å². The van der Waals surface area contributed by atoms with Gasteiger partial charge in [0.25, 0.3) is 11.6 Å². The highest BCUT2D eigenvalue weighted by Gasteiger charge is 2.16. The molecule has 1 aromatic heterocycles. The number of rotatable bonds is 6. The molecule has 0 radical (unpaired) electrons. The molecule has 0 spiro atoms. The van der Waals surface area contributed by atoms with Crippen LogP contribution in [0.3, 0.4) is 0 Å². The second-order valence-corrected chi connectivity index (χ2v) is 5.11. The van der Waals surface area contributed by atoms with Crippen molar-refractivity contribution in [3.8, 4) is 0 Å². The predicted octanol–water partition coefficient (Wildman–Crippen LogP) is 2.41. The Morgan fingerprint density at radius 1 is 1.48 bits per heavy atom. The van der Waals surface area contributed by atoms with E-state index in [1.54, 1.807) is 6.20 Å². The zero-order valence-electron chi connectivity index (χ0n) is 11.3. The zero-order chi connectivity index (χ0) is 15.2. The molecule has 2 N–H and O–H groups in total. The maximum atomic E-state index is 11.8. The van der Waals surface area contributed by atoms with Crippen molar-refractivity contribution < 1.29 is 9.72 Å². The van der Waals surface area contributed by atoms with Gasteiger partial charge in [0.1, 0.15) is 10.7 Å². The first-order valence-corrected chi connectivity index (χ1v) is 7.18. The van der Waals surface area contributed by atoms with Gasteiger partial charge in [-0.05, 0) is 19.1 Å². The van der Waals surface area contributed by atoms with Crippen LogP contribution in [0, 0.1) is 10.1 Å². The van der Waals surface area contributed by atoms with Crippen molar-refractivity contribution in [3.05, 3.63) is 50.5 Å². The van der Waals surface area contributed by atoms with Crippen LogP contribution in [-0.2, 0) is 6.54 Å². The van der Waals surface area contributed by atoms with Crippen molar-refractivity contribution in [1.29, 1.82) is 0 Å². The van der Waals surface area contributed by atoms with Crippen LogP contribution in [0.1, 0.15) is 22.3 Å². The van der Waals surface area contributed by atoms with Gasteiger partial charge in [-0.25, -0.2) is 4.98 Å².